The summed E-state index contributed by atoms with van der Waals surface area (Å²) in [5, 5.41) is 3.70. The van der Waals surface area contributed by atoms with E-state index in [0.29, 0.717) is 11.3 Å². The summed E-state index contributed by atoms with van der Waals surface area (Å²) in [6.07, 6.45) is 5.94. The number of anilines is 3. The van der Waals surface area contributed by atoms with Crippen LogP contribution < -0.4 is 15.1 Å². The summed E-state index contributed by atoms with van der Waals surface area (Å²) in [6.45, 7) is 3.85. The third-order valence-electron chi connectivity index (χ3n) is 6.33. The van der Waals surface area contributed by atoms with Crippen molar-refractivity contribution >= 4 is 34.3 Å². The zero-order chi connectivity index (χ0) is 23.0. The molecule has 0 saturated carbocycles. The molecule has 1 atom stereocenters. The highest BCUT2D eigenvalue weighted by atomic mass is 19.1. The number of nitrogens with one attached hydrogen (secondary N) is 2. The number of halogens is 1. The van der Waals surface area contributed by atoms with Crippen LogP contribution in [0.4, 0.5) is 21.7 Å². The number of hydrogen-bond donors (Lipinski definition) is 2. The number of carbonyl (C=O) groups is 1. The highest BCUT2D eigenvalue weighted by Gasteiger charge is 2.39. The van der Waals surface area contributed by atoms with E-state index in [0.717, 1.165) is 42.2 Å². The van der Waals surface area contributed by atoms with Gasteiger partial charge in [-0.3, -0.25) is 4.79 Å². The maximum absolute atomic E-state index is 13.4. The summed E-state index contributed by atoms with van der Waals surface area (Å²) >= 11 is 0. The van der Waals surface area contributed by atoms with Crippen LogP contribution in [0, 0.1) is 5.82 Å². The molecule has 0 bridgehead atoms. The maximum atomic E-state index is 13.4. The van der Waals surface area contributed by atoms with Gasteiger partial charge in [0, 0.05) is 38.2 Å². The molecule has 1 aliphatic rings. The topological polar surface area (TPSA) is 90.0 Å². The van der Waals surface area contributed by atoms with Gasteiger partial charge in [-0.05, 0) is 49.7 Å². The first kappa shape index (κ1) is 20.9. The Morgan fingerprint density at radius 3 is 2.88 bits per heavy atom. The lowest BCUT2D eigenvalue weighted by molar-refractivity contribution is 0.102. The first-order valence-electron chi connectivity index (χ1n) is 10.7. The molecular weight excluding hydrogens is 421 g/mol. The molecule has 5 rings (SSSR count). The summed E-state index contributed by atoms with van der Waals surface area (Å²) in [6, 6.07) is 11.4. The Morgan fingerprint density at radius 2 is 2.09 bits per heavy atom. The highest BCUT2D eigenvalue weighted by molar-refractivity contribution is 6.04. The van der Waals surface area contributed by atoms with Gasteiger partial charge in [0.2, 0.25) is 0 Å². The normalized spacial score (nSPS) is 18.0. The number of likely N-dealkylation sites (N-methyl/N-ethyl adjacent to an activating group) is 1. The number of fused-ring (bicyclic) bond motifs is 1. The molecule has 0 aliphatic carbocycles. The van der Waals surface area contributed by atoms with Gasteiger partial charge >= 0.3 is 0 Å². The van der Waals surface area contributed by atoms with Crippen molar-refractivity contribution in [1.29, 1.82) is 0 Å². The number of H-pyrrole nitrogens is 1. The summed E-state index contributed by atoms with van der Waals surface area (Å²) in [5.41, 5.74) is 1.48. The Kier molecular flexibility index (Phi) is 5.16. The molecule has 9 heteroatoms. The minimum atomic E-state index is -0.402. The van der Waals surface area contributed by atoms with Gasteiger partial charge in [0.1, 0.15) is 29.4 Å². The quantitative estimate of drug-likeness (QED) is 0.485. The average Bonchev–Trinajstić information content (AvgIpc) is 3.46. The number of amides is 1. The molecule has 1 amide bonds. The molecule has 4 aromatic rings. The fourth-order valence-electron chi connectivity index (χ4n) is 4.28. The molecule has 1 fully saturated rings. The Balaban J connectivity index is 1.29. The molecule has 0 radical (unpaired) electrons. The highest BCUT2D eigenvalue weighted by Crippen LogP contribution is 2.34. The molecule has 1 aromatic carbocycles. The second kappa shape index (κ2) is 8.16. The van der Waals surface area contributed by atoms with Crippen molar-refractivity contribution in [3.63, 3.8) is 0 Å². The second-order valence-corrected chi connectivity index (χ2v) is 8.53. The van der Waals surface area contributed by atoms with E-state index in [1.807, 2.05) is 25.4 Å². The third kappa shape index (κ3) is 3.97. The molecule has 3 aromatic heterocycles. The van der Waals surface area contributed by atoms with Crippen LogP contribution in [0.5, 0.6) is 0 Å². The molecule has 8 nitrogen and oxygen atoms in total. The second-order valence-electron chi connectivity index (χ2n) is 8.53. The maximum Gasteiger partial charge on any atom is 0.257 e. The molecule has 2 N–H and O–H groups in total. The standard InChI is InChI=1S/C24H24FN7O/c1-24(9-11-32(14-24)22-19-8-10-26-21(19)28-15-29-22)31(2)20-7-6-16(13-27-20)23(33)30-18-5-3-4-17(25)12-18/h3-8,10,12-13,15H,9,11,14H2,1-2H3,(H,30,33)(H,26,28,29). The van der Waals surface area contributed by atoms with Crippen molar-refractivity contribution in [3.8, 4) is 0 Å². The van der Waals surface area contributed by atoms with Gasteiger partial charge in [0.25, 0.3) is 5.91 Å². The van der Waals surface area contributed by atoms with Crippen LogP contribution in [0.3, 0.4) is 0 Å². The van der Waals surface area contributed by atoms with Gasteiger partial charge in [-0.15, -0.1) is 0 Å². The van der Waals surface area contributed by atoms with Crippen molar-refractivity contribution in [2.75, 3.05) is 35.3 Å². The van der Waals surface area contributed by atoms with Gasteiger partial charge in [-0.2, -0.15) is 0 Å². The van der Waals surface area contributed by atoms with Gasteiger partial charge in [0.05, 0.1) is 16.5 Å². The van der Waals surface area contributed by atoms with Crippen LogP contribution in [0.25, 0.3) is 11.0 Å². The Labute approximate surface area is 190 Å². The summed E-state index contributed by atoms with van der Waals surface area (Å²) in [5.74, 6) is 0.965. The van der Waals surface area contributed by atoms with E-state index in [2.05, 4.69) is 42.0 Å². The number of aromatic amines is 1. The van der Waals surface area contributed by atoms with Gasteiger partial charge < -0.3 is 20.1 Å². The minimum absolute atomic E-state index is 0.161. The first-order valence-corrected chi connectivity index (χ1v) is 10.7. The van der Waals surface area contributed by atoms with Crippen molar-refractivity contribution in [1.82, 2.24) is 19.9 Å². The molecule has 1 unspecified atom stereocenters. The molecule has 33 heavy (non-hydrogen) atoms. The average molecular weight is 446 g/mol. The number of carbonyl (C=O) groups excluding carboxylic acids is 1. The summed E-state index contributed by atoms with van der Waals surface area (Å²) in [7, 11) is 2.02. The van der Waals surface area contributed by atoms with Gasteiger partial charge in [-0.1, -0.05) is 6.07 Å². The largest absolute Gasteiger partial charge is 0.354 e. The van der Waals surface area contributed by atoms with Crippen LogP contribution >= 0.6 is 0 Å². The summed E-state index contributed by atoms with van der Waals surface area (Å²) < 4.78 is 13.4. The predicted molar refractivity (Wildman–Crippen MR) is 126 cm³/mol. The number of aromatic nitrogens is 4. The van der Waals surface area contributed by atoms with E-state index in [9.17, 15) is 9.18 Å². The lowest BCUT2D eigenvalue weighted by atomic mass is 9.99. The molecule has 4 heterocycles. The molecule has 1 aliphatic heterocycles. The molecule has 168 valence electrons. The zero-order valence-electron chi connectivity index (χ0n) is 18.4. The van der Waals surface area contributed by atoms with Crippen LogP contribution in [-0.4, -0.2) is 51.5 Å². The van der Waals surface area contributed by atoms with E-state index < -0.39 is 5.82 Å². The van der Waals surface area contributed by atoms with Crippen molar-refractivity contribution in [3.05, 3.63) is 72.6 Å². The number of pyridine rings is 1. The number of nitrogens with zero attached hydrogens (tertiary/aromatic N) is 5. The fourth-order valence-corrected chi connectivity index (χ4v) is 4.28. The van der Waals surface area contributed by atoms with Crippen molar-refractivity contribution < 1.29 is 9.18 Å². The monoisotopic (exact) mass is 445 g/mol. The number of hydrogen-bond acceptors (Lipinski definition) is 6. The Hall–Kier alpha value is -4.01. The van der Waals surface area contributed by atoms with Gasteiger partial charge in [-0.25, -0.2) is 19.3 Å². The fraction of sp³-hybridized carbons (Fsp3) is 0.250. The summed E-state index contributed by atoms with van der Waals surface area (Å²) in [4.78, 5) is 33.4. The van der Waals surface area contributed by atoms with Crippen molar-refractivity contribution in [2.45, 2.75) is 18.9 Å². The Morgan fingerprint density at radius 1 is 1.21 bits per heavy atom. The zero-order valence-corrected chi connectivity index (χ0v) is 18.4. The van der Waals surface area contributed by atoms with Crippen LogP contribution in [0.15, 0.2) is 61.2 Å². The van der Waals surface area contributed by atoms with E-state index >= 15 is 0 Å². The van der Waals surface area contributed by atoms with Gasteiger partial charge in [0.15, 0.2) is 0 Å². The first-order chi connectivity index (χ1) is 15.9. The van der Waals surface area contributed by atoms with E-state index in [4.69, 9.17) is 0 Å². The lowest BCUT2D eigenvalue weighted by Crippen LogP contribution is -2.46. The molecule has 0 spiro atoms. The number of rotatable bonds is 5. The lowest BCUT2D eigenvalue weighted by Gasteiger charge is -2.36. The SMILES string of the molecule is CN(c1ccc(C(=O)Nc2cccc(F)c2)cn1)C1(C)CCN(c2ncnc3[nH]ccc23)C1. The molecule has 1 saturated heterocycles. The van der Waals surface area contributed by atoms with Crippen LogP contribution in [0.1, 0.15) is 23.7 Å². The smallest absolute Gasteiger partial charge is 0.257 e. The minimum Gasteiger partial charge on any atom is -0.354 e. The predicted octanol–water partition coefficient (Wildman–Crippen LogP) is 3.85. The Bertz CT molecular complexity index is 1310. The van der Waals surface area contributed by atoms with Crippen LogP contribution in [0.2, 0.25) is 0 Å². The molecular formula is C24H24FN7O. The third-order valence-corrected chi connectivity index (χ3v) is 6.33. The van der Waals surface area contributed by atoms with Crippen LogP contribution in [-0.2, 0) is 0 Å². The van der Waals surface area contributed by atoms with Crippen molar-refractivity contribution in [2.24, 2.45) is 0 Å². The van der Waals surface area contributed by atoms with E-state index in [1.165, 1.54) is 12.1 Å². The number of benzene rings is 1. The van der Waals surface area contributed by atoms with E-state index in [1.54, 1.807) is 30.7 Å². The van der Waals surface area contributed by atoms with E-state index in [-0.39, 0.29) is 11.4 Å².